The minimum Gasteiger partial charge on any atom is -0.381 e. The lowest BCUT2D eigenvalue weighted by Gasteiger charge is -2.18. The average Bonchev–Trinajstić information content (AvgIpc) is 2.60. The lowest BCUT2D eigenvalue weighted by Crippen LogP contribution is -2.22. The molecule has 3 heteroatoms. The molecule has 94 valence electrons. The van der Waals surface area contributed by atoms with Crippen LogP contribution in [-0.2, 0) is 6.54 Å². The van der Waals surface area contributed by atoms with Crippen molar-refractivity contribution >= 4 is 5.69 Å². The van der Waals surface area contributed by atoms with Crippen molar-refractivity contribution < 1.29 is 0 Å². The zero-order valence-electron chi connectivity index (χ0n) is 10.6. The van der Waals surface area contributed by atoms with Gasteiger partial charge in [0.15, 0.2) is 0 Å². The van der Waals surface area contributed by atoms with Crippen LogP contribution in [0.1, 0.15) is 45.4 Å². The quantitative estimate of drug-likeness (QED) is 0.816. The molecule has 0 bridgehead atoms. The van der Waals surface area contributed by atoms with Gasteiger partial charge in [0.25, 0.3) is 5.56 Å². The molecule has 2 rings (SSSR count). The summed E-state index contributed by atoms with van der Waals surface area (Å²) < 4.78 is 1.75. The molecule has 1 aliphatic carbocycles. The van der Waals surface area contributed by atoms with Crippen LogP contribution in [0, 0.1) is 0 Å². The number of rotatable bonds is 3. The second-order valence-corrected chi connectivity index (χ2v) is 4.87. The summed E-state index contributed by atoms with van der Waals surface area (Å²) >= 11 is 0. The van der Waals surface area contributed by atoms with E-state index in [2.05, 4.69) is 5.32 Å². The molecule has 1 aromatic rings. The Morgan fingerprint density at radius 1 is 1.24 bits per heavy atom. The van der Waals surface area contributed by atoms with E-state index in [-0.39, 0.29) is 5.56 Å². The van der Waals surface area contributed by atoms with Gasteiger partial charge in [-0.25, -0.2) is 0 Å². The van der Waals surface area contributed by atoms with Crippen LogP contribution in [0.5, 0.6) is 0 Å². The summed E-state index contributed by atoms with van der Waals surface area (Å²) in [4.78, 5) is 11.5. The molecule has 1 saturated carbocycles. The third kappa shape index (κ3) is 3.35. The van der Waals surface area contributed by atoms with Crippen molar-refractivity contribution in [1.82, 2.24) is 4.57 Å². The van der Waals surface area contributed by atoms with E-state index in [1.54, 1.807) is 10.6 Å². The minimum atomic E-state index is 0.0823. The lowest BCUT2D eigenvalue weighted by molar-refractivity contribution is 0.617. The molecule has 1 aliphatic rings. The number of nitrogens with one attached hydrogen (secondary N) is 1. The van der Waals surface area contributed by atoms with Gasteiger partial charge in [-0.05, 0) is 25.8 Å². The van der Waals surface area contributed by atoms with Gasteiger partial charge in [0.2, 0.25) is 0 Å². The Morgan fingerprint density at radius 3 is 2.59 bits per heavy atom. The Labute approximate surface area is 103 Å². The van der Waals surface area contributed by atoms with E-state index in [9.17, 15) is 4.79 Å². The second-order valence-electron chi connectivity index (χ2n) is 4.87. The highest BCUT2D eigenvalue weighted by Gasteiger charge is 2.11. The van der Waals surface area contributed by atoms with Crippen molar-refractivity contribution in [1.29, 1.82) is 0 Å². The standard InChI is InChI=1S/C14H22N2O/c1-2-16-11-13(9-10-14(16)17)15-12-7-5-3-4-6-8-12/h9-12,15H,2-8H2,1H3. The van der Waals surface area contributed by atoms with Crippen LogP contribution in [0.2, 0.25) is 0 Å². The van der Waals surface area contributed by atoms with Crippen LogP contribution < -0.4 is 10.9 Å². The predicted molar refractivity (Wildman–Crippen MR) is 71.5 cm³/mol. The van der Waals surface area contributed by atoms with Gasteiger partial charge in [0.05, 0.1) is 5.69 Å². The first kappa shape index (κ1) is 12.2. The SMILES string of the molecule is CCn1cc(NC2CCCCCC2)ccc1=O. The van der Waals surface area contributed by atoms with Gasteiger partial charge in [-0.3, -0.25) is 4.79 Å². The first-order valence-corrected chi connectivity index (χ1v) is 6.76. The van der Waals surface area contributed by atoms with Crippen LogP contribution in [0.15, 0.2) is 23.1 Å². The highest BCUT2D eigenvalue weighted by Crippen LogP contribution is 2.20. The van der Waals surface area contributed by atoms with E-state index in [4.69, 9.17) is 0 Å². The molecular weight excluding hydrogens is 212 g/mol. The Hall–Kier alpha value is -1.25. The molecular formula is C14H22N2O. The number of hydrogen-bond donors (Lipinski definition) is 1. The van der Waals surface area contributed by atoms with Crippen molar-refractivity contribution in [3.05, 3.63) is 28.7 Å². The van der Waals surface area contributed by atoms with Gasteiger partial charge in [0, 0.05) is 24.8 Å². The van der Waals surface area contributed by atoms with E-state index in [1.807, 2.05) is 19.2 Å². The average molecular weight is 234 g/mol. The second kappa shape index (κ2) is 5.89. The van der Waals surface area contributed by atoms with E-state index >= 15 is 0 Å². The number of anilines is 1. The van der Waals surface area contributed by atoms with Crippen molar-refractivity contribution in [3.8, 4) is 0 Å². The summed E-state index contributed by atoms with van der Waals surface area (Å²) in [6.07, 6.45) is 9.83. The predicted octanol–water partition coefficient (Wildman–Crippen LogP) is 3.00. The molecule has 1 heterocycles. The van der Waals surface area contributed by atoms with Crippen LogP contribution in [0.25, 0.3) is 0 Å². The Balaban J connectivity index is 2.04. The monoisotopic (exact) mass is 234 g/mol. The highest BCUT2D eigenvalue weighted by molar-refractivity contribution is 5.41. The number of aromatic nitrogens is 1. The summed E-state index contributed by atoms with van der Waals surface area (Å²) in [5.41, 5.74) is 1.16. The van der Waals surface area contributed by atoms with Crippen molar-refractivity contribution in [2.75, 3.05) is 5.32 Å². The van der Waals surface area contributed by atoms with Gasteiger partial charge >= 0.3 is 0 Å². The maximum Gasteiger partial charge on any atom is 0.250 e. The van der Waals surface area contributed by atoms with Gasteiger partial charge in [-0.15, -0.1) is 0 Å². The van der Waals surface area contributed by atoms with E-state index in [1.165, 1.54) is 38.5 Å². The van der Waals surface area contributed by atoms with E-state index in [0.29, 0.717) is 6.04 Å². The van der Waals surface area contributed by atoms with Crippen molar-refractivity contribution in [2.24, 2.45) is 0 Å². The highest BCUT2D eigenvalue weighted by atomic mass is 16.1. The summed E-state index contributed by atoms with van der Waals surface area (Å²) in [6.45, 7) is 2.73. The minimum absolute atomic E-state index is 0.0823. The van der Waals surface area contributed by atoms with Crippen LogP contribution in [0.4, 0.5) is 5.69 Å². The summed E-state index contributed by atoms with van der Waals surface area (Å²) in [5.74, 6) is 0. The van der Waals surface area contributed by atoms with Crippen LogP contribution in [0.3, 0.4) is 0 Å². The molecule has 1 N–H and O–H groups in total. The summed E-state index contributed by atoms with van der Waals surface area (Å²) in [7, 11) is 0. The maximum absolute atomic E-state index is 11.5. The van der Waals surface area contributed by atoms with Crippen molar-refractivity contribution in [3.63, 3.8) is 0 Å². The smallest absolute Gasteiger partial charge is 0.250 e. The van der Waals surface area contributed by atoms with E-state index in [0.717, 1.165) is 12.2 Å². The number of hydrogen-bond acceptors (Lipinski definition) is 2. The number of aryl methyl sites for hydroxylation is 1. The first-order chi connectivity index (χ1) is 8.29. The third-order valence-corrected chi connectivity index (χ3v) is 3.55. The molecule has 1 aromatic heterocycles. The zero-order chi connectivity index (χ0) is 12.1. The normalized spacial score (nSPS) is 17.7. The Morgan fingerprint density at radius 2 is 1.94 bits per heavy atom. The van der Waals surface area contributed by atoms with Gasteiger partial charge in [-0.2, -0.15) is 0 Å². The fraction of sp³-hybridized carbons (Fsp3) is 0.643. The summed E-state index contributed by atoms with van der Waals surface area (Å²) in [6, 6.07) is 4.14. The summed E-state index contributed by atoms with van der Waals surface area (Å²) in [5, 5.41) is 3.56. The Kier molecular flexibility index (Phi) is 4.24. The first-order valence-electron chi connectivity index (χ1n) is 6.76. The molecule has 0 amide bonds. The maximum atomic E-state index is 11.5. The molecule has 0 radical (unpaired) electrons. The van der Waals surface area contributed by atoms with Gasteiger partial charge < -0.3 is 9.88 Å². The fourth-order valence-corrected chi connectivity index (χ4v) is 2.52. The lowest BCUT2D eigenvalue weighted by atomic mass is 10.1. The molecule has 0 spiro atoms. The zero-order valence-corrected chi connectivity index (χ0v) is 10.6. The molecule has 0 saturated heterocycles. The van der Waals surface area contributed by atoms with Gasteiger partial charge in [-0.1, -0.05) is 25.7 Å². The van der Waals surface area contributed by atoms with Crippen LogP contribution >= 0.6 is 0 Å². The number of pyridine rings is 1. The third-order valence-electron chi connectivity index (χ3n) is 3.55. The molecule has 3 nitrogen and oxygen atoms in total. The molecule has 1 fully saturated rings. The fourth-order valence-electron chi connectivity index (χ4n) is 2.52. The van der Waals surface area contributed by atoms with Gasteiger partial charge in [0.1, 0.15) is 0 Å². The molecule has 17 heavy (non-hydrogen) atoms. The largest absolute Gasteiger partial charge is 0.381 e. The molecule has 0 atom stereocenters. The van der Waals surface area contributed by atoms with Crippen LogP contribution in [-0.4, -0.2) is 10.6 Å². The van der Waals surface area contributed by atoms with Crippen molar-refractivity contribution in [2.45, 2.75) is 58.0 Å². The molecule has 0 unspecified atom stereocenters. The number of nitrogens with zero attached hydrogens (tertiary/aromatic N) is 1. The topological polar surface area (TPSA) is 34.0 Å². The van der Waals surface area contributed by atoms with E-state index < -0.39 is 0 Å². The molecule has 0 aromatic carbocycles. The Bertz CT molecular complexity index is 403. The molecule has 0 aliphatic heterocycles.